The lowest BCUT2D eigenvalue weighted by atomic mass is 9.50. The van der Waals surface area contributed by atoms with Crippen molar-refractivity contribution in [1.82, 2.24) is 0 Å². The summed E-state index contributed by atoms with van der Waals surface area (Å²) in [5, 5.41) is 8.06. The van der Waals surface area contributed by atoms with Gasteiger partial charge in [0, 0.05) is 12.3 Å². The van der Waals surface area contributed by atoms with E-state index in [2.05, 4.69) is 19.6 Å². The molecule has 3 unspecified atom stereocenters. The van der Waals surface area contributed by atoms with Crippen LogP contribution in [0, 0.1) is 34.5 Å². The van der Waals surface area contributed by atoms with Crippen LogP contribution in [-0.2, 0) is 4.74 Å². The van der Waals surface area contributed by atoms with Crippen LogP contribution in [0.5, 0.6) is 0 Å². The third-order valence-electron chi connectivity index (χ3n) is 8.75. The Morgan fingerprint density at radius 1 is 1.17 bits per heavy atom. The van der Waals surface area contributed by atoms with Crippen molar-refractivity contribution in [3.8, 4) is 0 Å². The maximum Gasteiger partial charge on any atom is 0.0739 e. The summed E-state index contributed by atoms with van der Waals surface area (Å²) in [6.07, 6.45) is 13.4. The predicted octanol–water partition coefficient (Wildman–Crippen LogP) is 5.29. The van der Waals surface area contributed by atoms with Crippen molar-refractivity contribution in [3.63, 3.8) is 0 Å². The molecule has 0 aromatic rings. The molecule has 3 saturated carbocycles. The highest BCUT2D eigenvalue weighted by Crippen LogP contribution is 2.67. The number of hydrogen-bond acceptors (Lipinski definition) is 2. The lowest BCUT2D eigenvalue weighted by Crippen LogP contribution is -2.52. The maximum absolute atomic E-state index is 8.06. The van der Waals surface area contributed by atoms with Crippen molar-refractivity contribution in [1.29, 1.82) is 5.41 Å². The van der Waals surface area contributed by atoms with Crippen molar-refractivity contribution >= 4 is 5.71 Å². The molecule has 4 aliphatic carbocycles. The van der Waals surface area contributed by atoms with Gasteiger partial charge >= 0.3 is 0 Å². The Morgan fingerprint density at radius 2 is 2.04 bits per heavy atom. The van der Waals surface area contributed by atoms with Crippen LogP contribution in [0.15, 0.2) is 23.8 Å². The highest BCUT2D eigenvalue weighted by molar-refractivity contribution is 5.94. The second kappa shape index (κ2) is 5.06. The molecule has 1 saturated heterocycles. The van der Waals surface area contributed by atoms with Gasteiger partial charge in [0.05, 0.1) is 5.60 Å². The maximum atomic E-state index is 8.06. The van der Waals surface area contributed by atoms with Gasteiger partial charge < -0.3 is 10.1 Å². The molecular weight excluding hydrogens is 294 g/mol. The summed E-state index contributed by atoms with van der Waals surface area (Å²) in [6.45, 7) is 8.01. The molecule has 2 heteroatoms. The number of ether oxygens (including phenoxy) is 1. The monoisotopic (exact) mass is 325 g/mol. The summed E-state index contributed by atoms with van der Waals surface area (Å²) in [5.41, 5.74) is 4.22. The molecule has 6 atom stereocenters. The molecule has 0 amide bonds. The fraction of sp³-hybridized carbons (Fsp3) is 0.773. The third-order valence-corrected chi connectivity index (χ3v) is 8.75. The van der Waals surface area contributed by atoms with Crippen molar-refractivity contribution in [2.24, 2.45) is 29.1 Å². The predicted molar refractivity (Wildman–Crippen MR) is 97.3 cm³/mol. The zero-order valence-corrected chi connectivity index (χ0v) is 15.1. The third kappa shape index (κ3) is 1.84. The van der Waals surface area contributed by atoms with Gasteiger partial charge in [-0.05, 0) is 98.5 Å². The van der Waals surface area contributed by atoms with Gasteiger partial charge in [0.1, 0.15) is 0 Å². The van der Waals surface area contributed by atoms with Crippen LogP contribution in [0.4, 0.5) is 0 Å². The summed E-state index contributed by atoms with van der Waals surface area (Å²) in [6, 6.07) is 0. The Hall–Kier alpha value is -0.890. The first-order valence-electron chi connectivity index (χ1n) is 10.2. The number of allylic oxidation sites excluding steroid dienone is 3. The first kappa shape index (κ1) is 15.4. The summed E-state index contributed by atoms with van der Waals surface area (Å²) < 4.78 is 6.44. The average molecular weight is 325 g/mol. The standard InChI is InChI=1S/C22H31NO/c1-14-12-19-17(16-5-4-15(23)13-18(14)16)6-9-21(2)20(19)7-10-22(21)8-3-11-24-22/h13,16-17,19-20,23H,1,3-12H2,2H3/t16-,17?,19?,20?,21+,22+/m1/s1. The van der Waals surface area contributed by atoms with Crippen LogP contribution in [-0.4, -0.2) is 17.9 Å². The molecule has 1 spiro atoms. The van der Waals surface area contributed by atoms with Crippen LogP contribution >= 0.6 is 0 Å². The van der Waals surface area contributed by atoms with Gasteiger partial charge in [-0.3, -0.25) is 0 Å². The van der Waals surface area contributed by atoms with E-state index in [-0.39, 0.29) is 5.60 Å². The normalized spacial score (nSPS) is 50.5. The molecule has 0 aromatic carbocycles. The highest BCUT2D eigenvalue weighted by Gasteiger charge is 2.64. The smallest absolute Gasteiger partial charge is 0.0739 e. The van der Waals surface area contributed by atoms with Crippen molar-refractivity contribution in [3.05, 3.63) is 23.8 Å². The lowest BCUT2D eigenvalue weighted by molar-refractivity contribution is -0.124. The molecule has 4 fully saturated rings. The van der Waals surface area contributed by atoms with Crippen LogP contribution in [0.2, 0.25) is 0 Å². The van der Waals surface area contributed by atoms with Gasteiger partial charge in [-0.2, -0.15) is 0 Å². The van der Waals surface area contributed by atoms with Gasteiger partial charge in [0.2, 0.25) is 0 Å². The van der Waals surface area contributed by atoms with E-state index in [0.29, 0.717) is 11.3 Å². The van der Waals surface area contributed by atoms with Gasteiger partial charge in [-0.15, -0.1) is 0 Å². The first-order valence-corrected chi connectivity index (χ1v) is 10.2. The molecular formula is C22H31NO. The second-order valence-electron chi connectivity index (χ2n) is 9.45. The zero-order chi connectivity index (χ0) is 16.5. The Kier molecular flexibility index (Phi) is 3.24. The largest absolute Gasteiger partial charge is 0.374 e. The zero-order valence-electron chi connectivity index (χ0n) is 15.1. The number of rotatable bonds is 0. The molecule has 24 heavy (non-hydrogen) atoms. The molecule has 0 bridgehead atoms. The minimum absolute atomic E-state index is 0.203. The summed E-state index contributed by atoms with van der Waals surface area (Å²) in [5.74, 6) is 3.17. The molecule has 0 aromatic heterocycles. The fourth-order valence-electron chi connectivity index (χ4n) is 7.59. The summed E-state index contributed by atoms with van der Waals surface area (Å²) >= 11 is 0. The minimum Gasteiger partial charge on any atom is -0.374 e. The molecule has 130 valence electrons. The van der Waals surface area contributed by atoms with E-state index in [1.165, 1.54) is 62.5 Å². The van der Waals surface area contributed by atoms with Crippen LogP contribution in [0.3, 0.4) is 0 Å². The van der Waals surface area contributed by atoms with Crippen LogP contribution in [0.1, 0.15) is 64.7 Å². The van der Waals surface area contributed by atoms with Gasteiger partial charge in [-0.1, -0.05) is 19.1 Å². The Labute approximate surface area is 146 Å². The molecule has 1 heterocycles. The quantitative estimate of drug-likeness (QED) is 0.644. The van der Waals surface area contributed by atoms with E-state index >= 15 is 0 Å². The highest BCUT2D eigenvalue weighted by atomic mass is 16.5. The second-order valence-corrected chi connectivity index (χ2v) is 9.45. The van der Waals surface area contributed by atoms with E-state index in [0.717, 1.165) is 36.5 Å². The van der Waals surface area contributed by atoms with Crippen LogP contribution < -0.4 is 0 Å². The SMILES string of the molecule is C=C1CC2C(CC[C@@]3(C)C2CC[C@@]32CCCO2)[C@H]2CCC(=N)C=C12. The lowest BCUT2D eigenvalue weighted by Gasteiger charge is -2.56. The van der Waals surface area contributed by atoms with E-state index < -0.39 is 0 Å². The van der Waals surface area contributed by atoms with Gasteiger partial charge in [0.25, 0.3) is 0 Å². The topological polar surface area (TPSA) is 33.1 Å². The van der Waals surface area contributed by atoms with E-state index in [9.17, 15) is 0 Å². The molecule has 1 N–H and O–H groups in total. The minimum atomic E-state index is 0.203. The summed E-state index contributed by atoms with van der Waals surface area (Å²) in [7, 11) is 0. The van der Waals surface area contributed by atoms with Crippen molar-refractivity contribution in [2.75, 3.05) is 6.61 Å². The number of nitrogens with one attached hydrogen (secondary N) is 1. The van der Waals surface area contributed by atoms with E-state index in [1.54, 1.807) is 0 Å². The molecule has 5 rings (SSSR count). The summed E-state index contributed by atoms with van der Waals surface area (Å²) in [4.78, 5) is 0. The van der Waals surface area contributed by atoms with Gasteiger partial charge in [0.15, 0.2) is 0 Å². The molecule has 2 nitrogen and oxygen atoms in total. The molecule has 0 radical (unpaired) electrons. The Balaban J connectivity index is 1.49. The fourth-order valence-corrected chi connectivity index (χ4v) is 7.59. The Bertz CT molecular complexity index is 626. The molecule has 5 aliphatic rings. The van der Waals surface area contributed by atoms with E-state index in [1.807, 2.05) is 0 Å². The van der Waals surface area contributed by atoms with Gasteiger partial charge in [-0.25, -0.2) is 0 Å². The first-order chi connectivity index (χ1) is 11.5. The molecule has 1 aliphatic heterocycles. The number of hydrogen-bond donors (Lipinski definition) is 1. The van der Waals surface area contributed by atoms with E-state index in [4.69, 9.17) is 10.1 Å². The number of fused-ring (bicyclic) bond motifs is 6. The average Bonchev–Trinajstić information content (AvgIpc) is 3.15. The Morgan fingerprint density at radius 3 is 2.83 bits per heavy atom. The van der Waals surface area contributed by atoms with Crippen molar-refractivity contribution in [2.45, 2.75) is 70.3 Å². The van der Waals surface area contributed by atoms with Crippen molar-refractivity contribution < 1.29 is 4.74 Å². The van der Waals surface area contributed by atoms with Crippen LogP contribution in [0.25, 0.3) is 0 Å².